The molecule has 7 nitrogen and oxygen atoms in total. The minimum Gasteiger partial charge on any atom is -0.466 e. The summed E-state index contributed by atoms with van der Waals surface area (Å²) in [6.07, 6.45) is 0.909. The van der Waals surface area contributed by atoms with Crippen LogP contribution < -0.4 is 16.0 Å². The van der Waals surface area contributed by atoms with Crippen LogP contribution in [0, 0.1) is 13.8 Å². The first-order chi connectivity index (χ1) is 13.7. The standard InChI is InChI=1S/C22H32N4O3/c1-6-17-9-8-10-18(12-17)26-20(27)13-24-21(23-7-2)25-14-22(5,28)19-11-15(3)29-16(19)4/h8-12,28H,6-7,13-14H2,1-5H3,(H,26,27)(H2,23,24,25). The Balaban J connectivity index is 1.98. The fourth-order valence-corrected chi connectivity index (χ4v) is 3.08. The van der Waals surface area contributed by atoms with Crippen LogP contribution in [0.15, 0.2) is 39.7 Å². The van der Waals surface area contributed by atoms with Crippen molar-refractivity contribution < 1.29 is 14.3 Å². The van der Waals surface area contributed by atoms with E-state index in [9.17, 15) is 9.90 Å². The molecule has 1 amide bonds. The van der Waals surface area contributed by atoms with Crippen LogP contribution in [0.2, 0.25) is 0 Å². The quantitative estimate of drug-likeness (QED) is 0.403. The number of aryl methyl sites for hydroxylation is 3. The molecule has 0 fully saturated rings. The van der Waals surface area contributed by atoms with Gasteiger partial charge in [-0.05, 0) is 57.9 Å². The predicted molar refractivity (Wildman–Crippen MR) is 116 cm³/mol. The average Bonchev–Trinajstić information content (AvgIpc) is 3.03. The van der Waals surface area contributed by atoms with E-state index in [0.29, 0.717) is 18.3 Å². The van der Waals surface area contributed by atoms with E-state index >= 15 is 0 Å². The van der Waals surface area contributed by atoms with Crippen LogP contribution >= 0.6 is 0 Å². The molecule has 0 radical (unpaired) electrons. The van der Waals surface area contributed by atoms with E-state index in [1.54, 1.807) is 6.92 Å². The van der Waals surface area contributed by atoms with Crippen molar-refractivity contribution in [2.24, 2.45) is 4.99 Å². The van der Waals surface area contributed by atoms with Crippen LogP contribution in [0.4, 0.5) is 5.69 Å². The van der Waals surface area contributed by atoms with Crippen molar-refractivity contribution in [3.05, 3.63) is 53.0 Å². The Morgan fingerprint density at radius 2 is 1.97 bits per heavy atom. The molecule has 0 aliphatic carbocycles. The molecule has 7 heteroatoms. The van der Waals surface area contributed by atoms with Gasteiger partial charge in [0.05, 0.1) is 6.54 Å². The highest BCUT2D eigenvalue weighted by Crippen LogP contribution is 2.26. The van der Waals surface area contributed by atoms with Crippen LogP contribution in [-0.2, 0) is 16.8 Å². The minimum atomic E-state index is -1.14. The molecule has 29 heavy (non-hydrogen) atoms. The number of aliphatic imine (C=N–C) groups is 1. The van der Waals surface area contributed by atoms with Gasteiger partial charge in [0, 0.05) is 17.8 Å². The lowest BCUT2D eigenvalue weighted by Crippen LogP contribution is -2.45. The maximum Gasteiger partial charge on any atom is 0.246 e. The first kappa shape index (κ1) is 22.5. The van der Waals surface area contributed by atoms with E-state index in [-0.39, 0.29) is 19.0 Å². The monoisotopic (exact) mass is 400 g/mol. The molecule has 2 rings (SSSR count). The second-order valence-electron chi connectivity index (χ2n) is 7.25. The summed E-state index contributed by atoms with van der Waals surface area (Å²) >= 11 is 0. The predicted octanol–water partition coefficient (Wildman–Crippen LogP) is 2.86. The van der Waals surface area contributed by atoms with Gasteiger partial charge in [-0.2, -0.15) is 0 Å². The number of nitrogens with one attached hydrogen (secondary N) is 3. The van der Waals surface area contributed by atoms with Crippen molar-refractivity contribution in [1.29, 1.82) is 0 Å². The highest BCUT2D eigenvalue weighted by Gasteiger charge is 2.27. The lowest BCUT2D eigenvalue weighted by atomic mass is 9.96. The molecule has 0 aliphatic heterocycles. The minimum absolute atomic E-state index is 0.0301. The summed E-state index contributed by atoms with van der Waals surface area (Å²) < 4.78 is 5.52. The Morgan fingerprint density at radius 1 is 1.21 bits per heavy atom. The third-order valence-electron chi connectivity index (χ3n) is 4.57. The summed E-state index contributed by atoms with van der Waals surface area (Å²) in [4.78, 5) is 16.6. The fraction of sp³-hybridized carbons (Fsp3) is 0.455. The number of aliphatic hydroxyl groups is 1. The summed E-state index contributed by atoms with van der Waals surface area (Å²) in [7, 11) is 0. The summed E-state index contributed by atoms with van der Waals surface area (Å²) in [5.41, 5.74) is 1.51. The largest absolute Gasteiger partial charge is 0.466 e. The highest BCUT2D eigenvalue weighted by atomic mass is 16.3. The van der Waals surface area contributed by atoms with Crippen molar-refractivity contribution in [3.63, 3.8) is 0 Å². The van der Waals surface area contributed by atoms with Crippen molar-refractivity contribution in [2.45, 2.75) is 46.6 Å². The Bertz CT molecular complexity index is 855. The van der Waals surface area contributed by atoms with Crippen LogP contribution in [0.3, 0.4) is 0 Å². The normalized spacial score (nSPS) is 13.7. The summed E-state index contributed by atoms with van der Waals surface area (Å²) in [5, 5.41) is 19.9. The Kier molecular flexibility index (Phi) is 7.84. The van der Waals surface area contributed by atoms with E-state index in [2.05, 4.69) is 27.9 Å². The number of furan rings is 1. The maximum absolute atomic E-state index is 12.3. The number of carbonyl (C=O) groups is 1. The van der Waals surface area contributed by atoms with Gasteiger partial charge in [0.15, 0.2) is 5.96 Å². The van der Waals surface area contributed by atoms with Gasteiger partial charge >= 0.3 is 0 Å². The number of nitrogens with zero attached hydrogens (tertiary/aromatic N) is 1. The highest BCUT2D eigenvalue weighted by molar-refractivity contribution is 5.94. The van der Waals surface area contributed by atoms with E-state index < -0.39 is 5.60 Å². The van der Waals surface area contributed by atoms with Gasteiger partial charge in [0.25, 0.3) is 0 Å². The van der Waals surface area contributed by atoms with E-state index in [4.69, 9.17) is 4.42 Å². The van der Waals surface area contributed by atoms with Crippen LogP contribution in [0.25, 0.3) is 0 Å². The van der Waals surface area contributed by atoms with E-state index in [0.717, 1.165) is 29.0 Å². The second kappa shape index (κ2) is 10.1. The molecule has 0 spiro atoms. The van der Waals surface area contributed by atoms with Crippen LogP contribution in [-0.4, -0.2) is 36.6 Å². The summed E-state index contributed by atoms with van der Waals surface area (Å²) in [6.45, 7) is 10.2. The summed E-state index contributed by atoms with van der Waals surface area (Å²) in [5.74, 6) is 1.69. The third kappa shape index (κ3) is 6.64. The molecule has 158 valence electrons. The van der Waals surface area contributed by atoms with Crippen molar-refractivity contribution in [3.8, 4) is 0 Å². The van der Waals surface area contributed by atoms with Gasteiger partial charge in [0.2, 0.25) is 5.91 Å². The van der Waals surface area contributed by atoms with Gasteiger partial charge in [-0.1, -0.05) is 19.1 Å². The van der Waals surface area contributed by atoms with Gasteiger partial charge < -0.3 is 25.5 Å². The zero-order valence-electron chi connectivity index (χ0n) is 17.9. The molecule has 0 saturated carbocycles. The number of hydrogen-bond donors (Lipinski definition) is 4. The molecular weight excluding hydrogens is 368 g/mol. The number of amides is 1. The van der Waals surface area contributed by atoms with Crippen LogP contribution in [0.1, 0.15) is 43.4 Å². The first-order valence-electron chi connectivity index (χ1n) is 9.96. The fourth-order valence-electron chi connectivity index (χ4n) is 3.08. The topological polar surface area (TPSA) is 98.9 Å². The van der Waals surface area contributed by atoms with Crippen LogP contribution in [0.5, 0.6) is 0 Å². The van der Waals surface area contributed by atoms with E-state index in [1.165, 1.54) is 0 Å². The van der Waals surface area contributed by atoms with Crippen molar-refractivity contribution in [1.82, 2.24) is 10.6 Å². The zero-order chi connectivity index (χ0) is 21.4. The number of anilines is 1. The molecule has 0 bridgehead atoms. The lowest BCUT2D eigenvalue weighted by Gasteiger charge is -2.24. The first-order valence-corrected chi connectivity index (χ1v) is 9.96. The molecule has 4 N–H and O–H groups in total. The molecule has 1 aromatic carbocycles. The second-order valence-corrected chi connectivity index (χ2v) is 7.25. The number of rotatable bonds is 8. The van der Waals surface area contributed by atoms with Gasteiger partial charge in [0.1, 0.15) is 23.7 Å². The van der Waals surface area contributed by atoms with Crippen molar-refractivity contribution >= 4 is 17.6 Å². The SMILES string of the molecule is CCNC(=NCC(=O)Nc1cccc(CC)c1)NCC(C)(O)c1cc(C)oc1C. The van der Waals surface area contributed by atoms with Crippen molar-refractivity contribution in [2.75, 3.05) is 25.0 Å². The molecule has 1 heterocycles. The summed E-state index contributed by atoms with van der Waals surface area (Å²) in [6, 6.07) is 9.59. The molecule has 0 saturated heterocycles. The molecular formula is C22H32N4O3. The van der Waals surface area contributed by atoms with Gasteiger partial charge in [-0.15, -0.1) is 0 Å². The Labute approximate surface area is 172 Å². The number of hydrogen-bond acceptors (Lipinski definition) is 4. The Hall–Kier alpha value is -2.80. The molecule has 1 atom stereocenters. The number of carbonyl (C=O) groups excluding carboxylic acids is 1. The smallest absolute Gasteiger partial charge is 0.246 e. The van der Waals surface area contributed by atoms with Gasteiger partial charge in [-0.25, -0.2) is 4.99 Å². The lowest BCUT2D eigenvalue weighted by molar-refractivity contribution is -0.114. The zero-order valence-corrected chi connectivity index (χ0v) is 17.9. The number of benzene rings is 1. The molecule has 2 aromatic rings. The average molecular weight is 401 g/mol. The number of guanidine groups is 1. The third-order valence-corrected chi connectivity index (χ3v) is 4.57. The molecule has 1 unspecified atom stereocenters. The van der Waals surface area contributed by atoms with E-state index in [1.807, 2.05) is 51.1 Å². The maximum atomic E-state index is 12.3. The van der Waals surface area contributed by atoms with Gasteiger partial charge in [-0.3, -0.25) is 4.79 Å². The Morgan fingerprint density at radius 3 is 2.59 bits per heavy atom. The molecule has 0 aliphatic rings. The molecule has 1 aromatic heterocycles.